The van der Waals surface area contributed by atoms with Crippen LogP contribution in [0.1, 0.15) is 24.1 Å². The summed E-state index contributed by atoms with van der Waals surface area (Å²) in [5.74, 6) is -2.10. The number of rotatable bonds is 9. The predicted octanol–water partition coefficient (Wildman–Crippen LogP) is 2.11. The van der Waals surface area contributed by atoms with Crippen LogP contribution in [0.4, 0.5) is 0 Å². The van der Waals surface area contributed by atoms with Crippen LogP contribution in [0.3, 0.4) is 0 Å². The summed E-state index contributed by atoms with van der Waals surface area (Å²) in [5.41, 5.74) is 0.443. The maximum absolute atomic E-state index is 13.0. The first-order valence-electron chi connectivity index (χ1n) is 10.8. The van der Waals surface area contributed by atoms with E-state index in [1.165, 1.54) is 68.6 Å². The quantitative estimate of drug-likeness (QED) is 0.301. The Morgan fingerprint density at radius 1 is 1.11 bits per heavy atom. The second-order valence-corrected chi connectivity index (χ2v) is 10.1. The summed E-state index contributed by atoms with van der Waals surface area (Å²) in [6.45, 7) is 2.25. The highest BCUT2D eigenvalue weighted by Crippen LogP contribution is 2.41. The van der Waals surface area contributed by atoms with Crippen LogP contribution in [0.15, 0.2) is 52.9 Å². The number of carbonyl (C=O) groups is 2. The summed E-state index contributed by atoms with van der Waals surface area (Å²) in [5, 5.41) is 21.2. The normalized spacial score (nSPS) is 17.9. The maximum atomic E-state index is 13.0. The number of benzene rings is 2. The van der Waals surface area contributed by atoms with Crippen molar-refractivity contribution < 1.29 is 37.7 Å². The molecule has 1 atom stereocenters. The molecule has 0 spiro atoms. The molecule has 0 unspecified atom stereocenters. The van der Waals surface area contributed by atoms with Gasteiger partial charge in [-0.05, 0) is 48.9 Å². The number of sulfonamides is 1. The van der Waals surface area contributed by atoms with Gasteiger partial charge in [0.2, 0.25) is 10.0 Å². The zero-order chi connectivity index (χ0) is 25.9. The molecule has 0 saturated carbocycles. The molecule has 3 rings (SSSR count). The van der Waals surface area contributed by atoms with E-state index in [4.69, 9.17) is 9.47 Å². The van der Waals surface area contributed by atoms with Crippen LogP contribution in [0.5, 0.6) is 11.5 Å². The fourth-order valence-corrected chi connectivity index (χ4v) is 4.67. The van der Waals surface area contributed by atoms with Gasteiger partial charge < -0.3 is 24.6 Å². The number of likely N-dealkylation sites (tertiary alicyclic amines) is 1. The third-order valence-corrected chi connectivity index (χ3v) is 7.41. The molecule has 0 bridgehead atoms. The van der Waals surface area contributed by atoms with Gasteiger partial charge in [-0.15, -0.1) is 0 Å². The zero-order valence-electron chi connectivity index (χ0n) is 19.9. The molecule has 11 heteroatoms. The van der Waals surface area contributed by atoms with Crippen LogP contribution >= 0.6 is 0 Å². The summed E-state index contributed by atoms with van der Waals surface area (Å²) in [4.78, 5) is 27.2. The number of Topliss-reactive ketones (excluding diaryl/α,β-unsaturated/α-hetero) is 1. The fraction of sp³-hybridized carbons (Fsp3) is 0.333. The van der Waals surface area contributed by atoms with Gasteiger partial charge in [0.25, 0.3) is 11.7 Å². The molecule has 1 aliphatic heterocycles. The highest BCUT2D eigenvalue weighted by Gasteiger charge is 2.46. The van der Waals surface area contributed by atoms with E-state index in [2.05, 4.69) is 0 Å². The number of hydrogen-bond acceptors (Lipinski definition) is 8. The Morgan fingerprint density at radius 3 is 2.34 bits per heavy atom. The van der Waals surface area contributed by atoms with E-state index in [-0.39, 0.29) is 47.3 Å². The van der Waals surface area contributed by atoms with Crippen molar-refractivity contribution in [3.8, 4) is 11.5 Å². The van der Waals surface area contributed by atoms with Crippen molar-refractivity contribution in [2.45, 2.75) is 17.9 Å². The van der Waals surface area contributed by atoms with Gasteiger partial charge in [-0.3, -0.25) is 9.59 Å². The number of hydrogen-bond donors (Lipinski definition) is 2. The summed E-state index contributed by atoms with van der Waals surface area (Å²) < 4.78 is 36.3. The van der Waals surface area contributed by atoms with Gasteiger partial charge in [0.1, 0.15) is 5.76 Å². The molecule has 35 heavy (non-hydrogen) atoms. The number of methoxy groups -OCH3 is 1. The lowest BCUT2D eigenvalue weighted by Crippen LogP contribution is -2.32. The minimum atomic E-state index is -3.69. The molecule has 2 aromatic rings. The number of aliphatic hydroxyl groups is 1. The monoisotopic (exact) mass is 504 g/mol. The molecular weight excluding hydrogens is 476 g/mol. The largest absolute Gasteiger partial charge is 0.507 e. The number of carbonyl (C=O) groups excluding carboxylic acids is 2. The molecule has 1 amide bonds. The molecule has 1 saturated heterocycles. The van der Waals surface area contributed by atoms with E-state index in [9.17, 15) is 28.2 Å². The number of ether oxygens (including phenoxy) is 2. The van der Waals surface area contributed by atoms with E-state index in [1.54, 1.807) is 6.92 Å². The highest BCUT2D eigenvalue weighted by atomic mass is 32.2. The molecule has 188 valence electrons. The predicted molar refractivity (Wildman–Crippen MR) is 127 cm³/mol. The van der Waals surface area contributed by atoms with Crippen molar-refractivity contribution in [1.29, 1.82) is 0 Å². The van der Waals surface area contributed by atoms with Crippen LogP contribution < -0.4 is 4.74 Å². The van der Waals surface area contributed by atoms with Gasteiger partial charge in [0.05, 0.1) is 29.7 Å². The van der Waals surface area contributed by atoms with Gasteiger partial charge in [0.15, 0.2) is 11.5 Å². The molecular formula is C24H28N2O8S. The number of ketones is 1. The van der Waals surface area contributed by atoms with Crippen LogP contribution in [-0.4, -0.2) is 80.5 Å². The van der Waals surface area contributed by atoms with Crippen LogP contribution in [0.25, 0.3) is 5.76 Å². The van der Waals surface area contributed by atoms with Crippen molar-refractivity contribution in [2.75, 3.05) is 41.0 Å². The lowest BCUT2D eigenvalue weighted by molar-refractivity contribution is -0.140. The van der Waals surface area contributed by atoms with Crippen LogP contribution in [0, 0.1) is 0 Å². The number of phenols is 1. The Kier molecular flexibility index (Phi) is 7.83. The molecule has 1 fully saturated rings. The Balaban J connectivity index is 2.15. The molecule has 0 aromatic heterocycles. The van der Waals surface area contributed by atoms with E-state index in [0.717, 1.165) is 4.31 Å². The molecule has 0 radical (unpaired) electrons. The van der Waals surface area contributed by atoms with Gasteiger partial charge in [0, 0.05) is 33.3 Å². The molecule has 1 aliphatic rings. The fourth-order valence-electron chi connectivity index (χ4n) is 3.77. The minimum absolute atomic E-state index is 0.0102. The Hall–Kier alpha value is -3.41. The minimum Gasteiger partial charge on any atom is -0.507 e. The molecule has 10 nitrogen and oxygen atoms in total. The topological polar surface area (TPSA) is 134 Å². The smallest absolute Gasteiger partial charge is 0.295 e. The Labute approximate surface area is 204 Å². The number of amides is 1. The van der Waals surface area contributed by atoms with Crippen LogP contribution in [0.2, 0.25) is 0 Å². The Bertz CT molecular complexity index is 1250. The van der Waals surface area contributed by atoms with E-state index in [0.29, 0.717) is 5.56 Å². The first-order valence-corrected chi connectivity index (χ1v) is 12.2. The lowest BCUT2D eigenvalue weighted by Gasteiger charge is -2.25. The summed E-state index contributed by atoms with van der Waals surface area (Å²) in [7, 11) is 0.574. The number of nitrogens with zero attached hydrogens (tertiary/aromatic N) is 2. The van der Waals surface area contributed by atoms with Crippen molar-refractivity contribution in [3.05, 3.63) is 59.2 Å². The molecule has 0 aliphatic carbocycles. The van der Waals surface area contributed by atoms with E-state index in [1.807, 2.05) is 0 Å². The van der Waals surface area contributed by atoms with Gasteiger partial charge in [-0.2, -0.15) is 0 Å². The Morgan fingerprint density at radius 2 is 1.77 bits per heavy atom. The lowest BCUT2D eigenvalue weighted by atomic mass is 9.95. The third-order valence-electron chi connectivity index (χ3n) is 5.58. The number of phenolic OH excluding ortho intramolecular Hbond substituents is 1. The number of aliphatic hydroxyl groups excluding tert-OH is 1. The first-order chi connectivity index (χ1) is 16.5. The second-order valence-electron chi connectivity index (χ2n) is 7.96. The van der Waals surface area contributed by atoms with Crippen LogP contribution in [-0.2, 0) is 24.3 Å². The van der Waals surface area contributed by atoms with E-state index < -0.39 is 33.5 Å². The maximum Gasteiger partial charge on any atom is 0.295 e. The molecule has 1 heterocycles. The zero-order valence-corrected chi connectivity index (χ0v) is 20.7. The number of aromatic hydroxyl groups is 1. The molecule has 2 N–H and O–H groups in total. The van der Waals surface area contributed by atoms with Gasteiger partial charge >= 0.3 is 0 Å². The third kappa shape index (κ3) is 5.02. The van der Waals surface area contributed by atoms with Crippen molar-refractivity contribution in [2.24, 2.45) is 0 Å². The standard InChI is InChI=1S/C24H28N2O8S/c1-5-34-19-14-16(8-11-18(19)27)21-20(23(29)24(30)26(21)12-13-33-4)22(28)15-6-9-17(10-7-15)35(31,32)25(2)3/h6-11,14,21,27-28H,5,12-13H2,1-4H3/t21-/m0/s1. The van der Waals surface area contributed by atoms with Gasteiger partial charge in [-0.25, -0.2) is 12.7 Å². The summed E-state index contributed by atoms with van der Waals surface area (Å²) in [6.07, 6.45) is 0. The molecule has 2 aromatic carbocycles. The highest BCUT2D eigenvalue weighted by molar-refractivity contribution is 7.89. The summed E-state index contributed by atoms with van der Waals surface area (Å²) >= 11 is 0. The van der Waals surface area contributed by atoms with E-state index >= 15 is 0 Å². The summed E-state index contributed by atoms with van der Waals surface area (Å²) in [6, 6.07) is 8.82. The van der Waals surface area contributed by atoms with Gasteiger partial charge in [-0.1, -0.05) is 6.07 Å². The average molecular weight is 505 g/mol. The van der Waals surface area contributed by atoms with Crippen molar-refractivity contribution in [3.63, 3.8) is 0 Å². The first kappa shape index (κ1) is 26.2. The average Bonchev–Trinajstić information content (AvgIpc) is 3.08. The second kappa shape index (κ2) is 10.5. The van der Waals surface area contributed by atoms with Crippen molar-refractivity contribution in [1.82, 2.24) is 9.21 Å². The van der Waals surface area contributed by atoms with Crippen molar-refractivity contribution >= 4 is 27.5 Å². The SMILES string of the molecule is CCOc1cc([C@H]2C(=C(O)c3ccc(S(=O)(=O)N(C)C)cc3)C(=O)C(=O)N2CCOC)ccc1O.